The van der Waals surface area contributed by atoms with Crippen LogP contribution < -0.4 is 15.8 Å². The van der Waals surface area contributed by atoms with Crippen molar-refractivity contribution in [1.29, 1.82) is 0 Å². The van der Waals surface area contributed by atoms with Crippen molar-refractivity contribution in [3.63, 3.8) is 0 Å². The van der Waals surface area contributed by atoms with Crippen molar-refractivity contribution in [2.24, 2.45) is 0 Å². The van der Waals surface area contributed by atoms with Crippen molar-refractivity contribution in [3.05, 3.63) is 69.9 Å². The number of likely N-dealkylation sites (N-methyl/N-ethyl adjacent to an activating group) is 1. The summed E-state index contributed by atoms with van der Waals surface area (Å²) in [6.45, 7) is 2.47. The Morgan fingerprint density at radius 2 is 2.00 bits per heavy atom. The highest BCUT2D eigenvalue weighted by Gasteiger charge is 2.16. The van der Waals surface area contributed by atoms with Crippen molar-refractivity contribution < 1.29 is 4.79 Å². The van der Waals surface area contributed by atoms with Crippen LogP contribution in [0.1, 0.15) is 6.92 Å². The quantitative estimate of drug-likeness (QED) is 0.476. The number of amides is 1. The fourth-order valence-electron chi connectivity index (χ4n) is 3.22. The number of hydrogen-bond acceptors (Lipinski definition) is 6. The van der Waals surface area contributed by atoms with Crippen molar-refractivity contribution in [2.75, 3.05) is 18.5 Å². The summed E-state index contributed by atoms with van der Waals surface area (Å²) >= 11 is 3.03. The molecular weight excluding hydrogens is 416 g/mol. The Labute approximate surface area is 182 Å². The van der Waals surface area contributed by atoms with E-state index in [0.29, 0.717) is 16.8 Å². The Kier molecular flexibility index (Phi) is 5.96. The Hall–Kier alpha value is -2.97. The molecule has 0 aliphatic heterocycles. The molecule has 0 radical (unpaired) electrons. The van der Waals surface area contributed by atoms with Crippen molar-refractivity contribution in [2.45, 2.75) is 19.5 Å². The molecule has 0 fully saturated rings. The van der Waals surface area contributed by atoms with E-state index in [1.165, 1.54) is 22.2 Å². The van der Waals surface area contributed by atoms with E-state index in [-0.39, 0.29) is 24.1 Å². The normalized spacial score (nSPS) is 12.1. The van der Waals surface area contributed by atoms with Gasteiger partial charge < -0.3 is 10.2 Å². The minimum Gasteiger partial charge on any atom is -0.370 e. The van der Waals surface area contributed by atoms with Crippen molar-refractivity contribution in [1.82, 2.24) is 14.9 Å². The third kappa shape index (κ3) is 4.15. The van der Waals surface area contributed by atoms with Gasteiger partial charge in [0.05, 0.1) is 11.7 Å². The van der Waals surface area contributed by atoms with Crippen LogP contribution in [0.15, 0.2) is 64.3 Å². The maximum Gasteiger partial charge on any atom is 0.263 e. The zero-order chi connectivity index (χ0) is 21.1. The van der Waals surface area contributed by atoms with Crippen molar-refractivity contribution >= 4 is 44.5 Å². The van der Waals surface area contributed by atoms with Gasteiger partial charge in [0, 0.05) is 41.1 Å². The Morgan fingerprint density at radius 3 is 2.73 bits per heavy atom. The third-order valence-corrected chi connectivity index (χ3v) is 6.87. The number of carbonyl (C=O) groups excluding carboxylic acids is 1. The number of benzene rings is 1. The van der Waals surface area contributed by atoms with Gasteiger partial charge in [-0.05, 0) is 30.5 Å². The molecule has 1 N–H and O–H groups in total. The molecule has 4 rings (SSSR count). The van der Waals surface area contributed by atoms with Gasteiger partial charge in [-0.15, -0.1) is 22.7 Å². The van der Waals surface area contributed by atoms with Gasteiger partial charge in [0.25, 0.3) is 5.56 Å². The molecule has 3 heterocycles. The number of para-hydroxylation sites is 1. The second-order valence-corrected chi connectivity index (χ2v) is 8.89. The standard InChI is InChI=1S/C22H22N4O2S2/c1-15(25(2)16-7-4-3-5-8-16)11-23-19(27)12-26-14-24-21-20(22(26)28)17(13-30-21)18-9-6-10-29-18/h3-10,13-15H,11-12H2,1-2H3,(H,23,27). The summed E-state index contributed by atoms with van der Waals surface area (Å²) in [7, 11) is 2.00. The third-order valence-electron chi connectivity index (χ3n) is 5.08. The zero-order valence-electron chi connectivity index (χ0n) is 16.7. The lowest BCUT2D eigenvalue weighted by molar-refractivity contribution is -0.121. The van der Waals surface area contributed by atoms with Gasteiger partial charge >= 0.3 is 0 Å². The molecule has 0 spiro atoms. The van der Waals surface area contributed by atoms with Crippen LogP contribution in [0.3, 0.4) is 0 Å². The molecule has 30 heavy (non-hydrogen) atoms. The smallest absolute Gasteiger partial charge is 0.263 e. The van der Waals surface area contributed by atoms with Crippen LogP contribution in [-0.4, -0.2) is 35.1 Å². The average Bonchev–Trinajstić information content (AvgIpc) is 3.44. The minimum absolute atomic E-state index is 0.0523. The van der Waals surface area contributed by atoms with Crippen LogP contribution >= 0.6 is 22.7 Å². The predicted octanol–water partition coefficient (Wildman–Crippen LogP) is 3.83. The number of aromatic nitrogens is 2. The van der Waals surface area contributed by atoms with Gasteiger partial charge in [-0.3, -0.25) is 14.2 Å². The summed E-state index contributed by atoms with van der Waals surface area (Å²) in [6.07, 6.45) is 1.46. The lowest BCUT2D eigenvalue weighted by Gasteiger charge is -2.27. The van der Waals surface area contributed by atoms with Crippen LogP contribution in [0.5, 0.6) is 0 Å². The fourth-order valence-corrected chi connectivity index (χ4v) is 4.94. The Morgan fingerprint density at radius 1 is 1.20 bits per heavy atom. The first-order valence-corrected chi connectivity index (χ1v) is 11.4. The summed E-state index contributed by atoms with van der Waals surface area (Å²) in [5.74, 6) is -0.209. The molecule has 8 heteroatoms. The summed E-state index contributed by atoms with van der Waals surface area (Å²) in [5, 5.41) is 7.44. The molecular formula is C22H22N4O2S2. The van der Waals surface area contributed by atoms with E-state index in [0.717, 1.165) is 16.1 Å². The summed E-state index contributed by atoms with van der Waals surface area (Å²) in [6, 6.07) is 14.1. The molecule has 1 unspecified atom stereocenters. The summed E-state index contributed by atoms with van der Waals surface area (Å²) < 4.78 is 1.38. The topological polar surface area (TPSA) is 67.2 Å². The number of anilines is 1. The second kappa shape index (κ2) is 8.81. The minimum atomic E-state index is -0.209. The van der Waals surface area contributed by atoms with Gasteiger partial charge in [0.15, 0.2) is 0 Å². The fraction of sp³-hybridized carbons (Fsp3) is 0.227. The van der Waals surface area contributed by atoms with Crippen LogP contribution in [0.2, 0.25) is 0 Å². The van der Waals surface area contributed by atoms with E-state index in [2.05, 4.69) is 15.2 Å². The highest BCUT2D eigenvalue weighted by molar-refractivity contribution is 7.18. The van der Waals surface area contributed by atoms with Gasteiger partial charge in [-0.25, -0.2) is 4.98 Å². The molecule has 0 saturated carbocycles. The number of rotatable bonds is 7. The van der Waals surface area contributed by atoms with E-state index in [1.54, 1.807) is 11.3 Å². The SMILES string of the molecule is CC(CNC(=O)Cn1cnc2scc(-c3cccs3)c2c1=O)N(C)c1ccccc1. The first-order chi connectivity index (χ1) is 14.5. The molecule has 0 bridgehead atoms. The first-order valence-electron chi connectivity index (χ1n) is 9.59. The molecule has 4 aromatic rings. The highest BCUT2D eigenvalue weighted by atomic mass is 32.1. The average molecular weight is 439 g/mol. The molecule has 1 atom stereocenters. The molecule has 0 aliphatic carbocycles. The van der Waals surface area contributed by atoms with Crippen LogP contribution in [0, 0.1) is 0 Å². The number of thiophene rings is 2. The molecule has 1 amide bonds. The lowest BCUT2D eigenvalue weighted by atomic mass is 10.2. The maximum absolute atomic E-state index is 13.0. The predicted molar refractivity (Wildman–Crippen MR) is 125 cm³/mol. The number of nitrogens with one attached hydrogen (secondary N) is 1. The molecule has 0 aliphatic rings. The van der Waals surface area contributed by atoms with Gasteiger partial charge in [-0.2, -0.15) is 0 Å². The molecule has 3 aromatic heterocycles. The summed E-state index contributed by atoms with van der Waals surface area (Å²) in [4.78, 5) is 33.7. The van der Waals surface area contributed by atoms with E-state index in [4.69, 9.17) is 0 Å². The lowest BCUT2D eigenvalue weighted by Crippen LogP contribution is -2.42. The highest BCUT2D eigenvalue weighted by Crippen LogP contribution is 2.33. The Bertz CT molecular complexity index is 1200. The first kappa shape index (κ1) is 20.3. The molecule has 1 aromatic carbocycles. The van der Waals surface area contributed by atoms with Crippen LogP contribution in [-0.2, 0) is 11.3 Å². The maximum atomic E-state index is 13.0. The largest absolute Gasteiger partial charge is 0.370 e. The number of fused-ring (bicyclic) bond motifs is 1. The van der Waals surface area contributed by atoms with E-state index >= 15 is 0 Å². The molecule has 154 valence electrons. The van der Waals surface area contributed by atoms with Gasteiger partial charge in [0.1, 0.15) is 11.4 Å². The monoisotopic (exact) mass is 438 g/mol. The van der Waals surface area contributed by atoms with Crippen LogP contribution in [0.25, 0.3) is 20.7 Å². The second-order valence-electron chi connectivity index (χ2n) is 7.08. The van der Waals surface area contributed by atoms with E-state index in [1.807, 2.05) is 67.2 Å². The van der Waals surface area contributed by atoms with E-state index < -0.39 is 0 Å². The Balaban J connectivity index is 1.45. The zero-order valence-corrected chi connectivity index (χ0v) is 18.4. The van der Waals surface area contributed by atoms with E-state index in [9.17, 15) is 9.59 Å². The number of carbonyl (C=O) groups is 1. The van der Waals surface area contributed by atoms with Crippen molar-refractivity contribution in [3.8, 4) is 10.4 Å². The molecule has 6 nitrogen and oxygen atoms in total. The number of nitrogens with zero attached hydrogens (tertiary/aromatic N) is 3. The summed E-state index contributed by atoms with van der Waals surface area (Å²) in [5.41, 5.74) is 1.79. The molecule has 0 saturated heterocycles. The van der Waals surface area contributed by atoms with Gasteiger partial charge in [0.2, 0.25) is 5.91 Å². The number of hydrogen-bond donors (Lipinski definition) is 1. The van der Waals surface area contributed by atoms with Gasteiger partial charge in [-0.1, -0.05) is 24.3 Å². The van der Waals surface area contributed by atoms with Crippen LogP contribution in [0.4, 0.5) is 5.69 Å².